The largest absolute Gasteiger partial charge is 0.354 e. The minimum absolute atomic E-state index is 0.144. The van der Waals surface area contributed by atoms with Crippen LogP contribution in [0.5, 0.6) is 0 Å². The van der Waals surface area contributed by atoms with E-state index < -0.39 is 0 Å². The molecule has 1 aliphatic carbocycles. The van der Waals surface area contributed by atoms with Crippen molar-refractivity contribution < 1.29 is 4.92 Å². The number of H-pyrrole nitrogens is 1. The Bertz CT molecular complexity index is 1140. The van der Waals surface area contributed by atoms with Gasteiger partial charge in [0.15, 0.2) is 0 Å². The Hall–Kier alpha value is -3.40. The molecule has 1 atom stereocenters. The molecule has 0 amide bonds. The van der Waals surface area contributed by atoms with Crippen LogP contribution in [0.25, 0.3) is 23.4 Å². The zero-order valence-electron chi connectivity index (χ0n) is 15.8. The number of nitrogens with one attached hydrogen (secondary N) is 1. The highest BCUT2D eigenvalue weighted by atomic mass is 16.6. The second-order valence-electron chi connectivity index (χ2n) is 7.12. The van der Waals surface area contributed by atoms with Gasteiger partial charge in [0.25, 0.3) is 0 Å². The zero-order valence-corrected chi connectivity index (χ0v) is 15.8. The maximum absolute atomic E-state index is 11.6. The summed E-state index contributed by atoms with van der Waals surface area (Å²) < 4.78 is 0. The van der Waals surface area contributed by atoms with Crippen LogP contribution >= 0.6 is 0 Å². The topological polar surface area (TPSA) is 58.9 Å². The van der Waals surface area contributed by atoms with Crippen LogP contribution in [0, 0.1) is 17.0 Å². The smallest absolute Gasteiger partial charge is 0.214 e. The number of rotatable bonds is 5. The summed E-state index contributed by atoms with van der Waals surface area (Å²) in [5.74, 6) is -0.324. The summed E-state index contributed by atoms with van der Waals surface area (Å²) in [7, 11) is 0. The van der Waals surface area contributed by atoms with E-state index in [4.69, 9.17) is 0 Å². The summed E-state index contributed by atoms with van der Waals surface area (Å²) in [6.07, 6.45) is 9.14. The van der Waals surface area contributed by atoms with Crippen molar-refractivity contribution in [3.63, 3.8) is 0 Å². The monoisotopic (exact) mass is 370 g/mol. The van der Waals surface area contributed by atoms with Crippen LogP contribution in [0.2, 0.25) is 0 Å². The van der Waals surface area contributed by atoms with Crippen molar-refractivity contribution in [2.75, 3.05) is 6.54 Å². The van der Waals surface area contributed by atoms with E-state index in [1.54, 1.807) is 0 Å². The molecule has 0 bridgehead atoms. The molecule has 0 saturated carbocycles. The molecule has 4 rings (SSSR count). The van der Waals surface area contributed by atoms with Crippen LogP contribution < -0.4 is 10.6 Å². The van der Waals surface area contributed by atoms with E-state index in [0.717, 1.165) is 39.4 Å². The van der Waals surface area contributed by atoms with E-state index in [9.17, 15) is 10.1 Å². The fourth-order valence-electron chi connectivity index (χ4n) is 3.84. The van der Waals surface area contributed by atoms with Crippen LogP contribution in [0.15, 0.2) is 66.7 Å². The molecule has 1 unspecified atom stereocenters. The number of aromatic nitrogens is 1. The summed E-state index contributed by atoms with van der Waals surface area (Å²) >= 11 is 0. The third-order valence-corrected chi connectivity index (χ3v) is 5.19. The standard InChI is InChI=1S/C24H22N2O2/c1-17-12-14-19(15-13-17)24-23(20-10-6-3-7-11-22(20)25-24)21(16-26(27)28)18-8-4-2-5-9-18/h2-5,7-15,21,25H,6,16H2,1H3. The van der Waals surface area contributed by atoms with Gasteiger partial charge in [0.1, 0.15) is 0 Å². The molecule has 28 heavy (non-hydrogen) atoms. The van der Waals surface area contributed by atoms with Gasteiger partial charge in [-0.15, -0.1) is 0 Å². The van der Waals surface area contributed by atoms with Crippen molar-refractivity contribution in [1.82, 2.24) is 4.98 Å². The first-order chi connectivity index (χ1) is 13.6. The van der Waals surface area contributed by atoms with E-state index >= 15 is 0 Å². The third-order valence-electron chi connectivity index (χ3n) is 5.19. The van der Waals surface area contributed by atoms with Gasteiger partial charge >= 0.3 is 0 Å². The lowest BCUT2D eigenvalue weighted by Crippen LogP contribution is -2.28. The van der Waals surface area contributed by atoms with Gasteiger partial charge in [-0.3, -0.25) is 10.1 Å². The molecule has 0 radical (unpaired) electrons. The lowest BCUT2D eigenvalue weighted by atomic mass is 9.88. The lowest BCUT2D eigenvalue weighted by molar-refractivity contribution is -0.481. The van der Waals surface area contributed by atoms with E-state index in [0.29, 0.717) is 0 Å². The summed E-state index contributed by atoms with van der Waals surface area (Å²) in [6, 6.07) is 18.1. The zero-order chi connectivity index (χ0) is 19.5. The molecule has 1 aromatic heterocycles. The van der Waals surface area contributed by atoms with Crippen LogP contribution in [0.3, 0.4) is 0 Å². The Morgan fingerprint density at radius 2 is 1.86 bits per heavy atom. The van der Waals surface area contributed by atoms with Crippen LogP contribution in [-0.2, 0) is 0 Å². The molecule has 1 N–H and O–H groups in total. The number of aromatic amines is 1. The van der Waals surface area contributed by atoms with Gasteiger partial charge in [-0.05, 0) is 36.1 Å². The molecule has 3 aromatic rings. The number of aryl methyl sites for hydroxylation is 1. The number of hydrogen-bond donors (Lipinski definition) is 1. The first kappa shape index (κ1) is 18.0. The fourth-order valence-corrected chi connectivity index (χ4v) is 3.84. The highest BCUT2D eigenvalue weighted by Crippen LogP contribution is 2.30. The molecular formula is C24H22N2O2. The molecule has 4 nitrogen and oxygen atoms in total. The summed E-state index contributed by atoms with van der Waals surface area (Å²) in [4.78, 5) is 14.9. The van der Waals surface area contributed by atoms with Gasteiger partial charge in [0.2, 0.25) is 6.54 Å². The quantitative estimate of drug-likeness (QED) is 0.547. The van der Waals surface area contributed by atoms with Gasteiger partial charge in [-0.1, -0.05) is 78.4 Å². The number of nitro groups is 1. The molecule has 0 fully saturated rings. The van der Waals surface area contributed by atoms with Crippen molar-refractivity contribution >= 4 is 12.2 Å². The summed E-state index contributed by atoms with van der Waals surface area (Å²) in [5, 5.41) is 13.6. The summed E-state index contributed by atoms with van der Waals surface area (Å²) in [6.45, 7) is 1.91. The maximum atomic E-state index is 11.6. The molecule has 4 heteroatoms. The Kier molecular flexibility index (Phi) is 4.94. The molecular weight excluding hydrogens is 348 g/mol. The second kappa shape index (κ2) is 7.69. The van der Waals surface area contributed by atoms with Crippen molar-refractivity contribution in [3.05, 3.63) is 104 Å². The highest BCUT2D eigenvalue weighted by Gasteiger charge is 2.26. The minimum Gasteiger partial charge on any atom is -0.354 e. The first-order valence-corrected chi connectivity index (χ1v) is 9.46. The van der Waals surface area contributed by atoms with E-state index in [-0.39, 0.29) is 17.4 Å². The maximum Gasteiger partial charge on any atom is 0.214 e. The third kappa shape index (κ3) is 3.54. The van der Waals surface area contributed by atoms with E-state index in [1.807, 2.05) is 42.5 Å². The van der Waals surface area contributed by atoms with Gasteiger partial charge in [0, 0.05) is 15.5 Å². The number of allylic oxidation sites excluding steroid dienone is 2. The Labute approximate surface area is 163 Å². The van der Waals surface area contributed by atoms with Crippen LogP contribution in [0.1, 0.15) is 29.0 Å². The molecule has 2 aromatic carbocycles. The molecule has 1 heterocycles. The van der Waals surface area contributed by atoms with Crippen molar-refractivity contribution in [2.45, 2.75) is 19.3 Å². The predicted octanol–water partition coefficient (Wildman–Crippen LogP) is 3.92. The predicted molar refractivity (Wildman–Crippen MR) is 113 cm³/mol. The average Bonchev–Trinajstić information content (AvgIpc) is 2.89. The average molecular weight is 370 g/mol. The van der Waals surface area contributed by atoms with Crippen LogP contribution in [0.4, 0.5) is 0 Å². The van der Waals surface area contributed by atoms with Crippen LogP contribution in [-0.4, -0.2) is 16.5 Å². The van der Waals surface area contributed by atoms with Gasteiger partial charge < -0.3 is 4.98 Å². The first-order valence-electron chi connectivity index (χ1n) is 9.46. The Morgan fingerprint density at radius 1 is 1.11 bits per heavy atom. The Morgan fingerprint density at radius 3 is 2.57 bits per heavy atom. The second-order valence-corrected chi connectivity index (χ2v) is 7.12. The number of fused-ring (bicyclic) bond motifs is 1. The van der Waals surface area contributed by atoms with Gasteiger partial charge in [-0.25, -0.2) is 0 Å². The van der Waals surface area contributed by atoms with Crippen molar-refractivity contribution in [3.8, 4) is 11.3 Å². The summed E-state index contributed by atoms with van der Waals surface area (Å²) in [5.41, 5.74) is 5.15. The highest BCUT2D eigenvalue weighted by molar-refractivity contribution is 5.68. The number of hydrogen-bond acceptors (Lipinski definition) is 2. The lowest BCUT2D eigenvalue weighted by Gasteiger charge is -2.15. The Balaban J connectivity index is 2.01. The molecule has 0 aliphatic heterocycles. The molecule has 140 valence electrons. The minimum atomic E-state index is -0.324. The van der Waals surface area contributed by atoms with Crippen molar-refractivity contribution in [1.29, 1.82) is 0 Å². The van der Waals surface area contributed by atoms with Crippen molar-refractivity contribution in [2.24, 2.45) is 0 Å². The van der Waals surface area contributed by atoms with E-state index in [2.05, 4.69) is 48.3 Å². The SMILES string of the molecule is Cc1ccc(-c2[nH]c3c(c2C(C[N+](=O)[O-])c2ccccc2)=CCC=CC=3)cc1. The molecule has 0 spiro atoms. The van der Waals surface area contributed by atoms with Gasteiger partial charge in [0.05, 0.1) is 11.6 Å². The van der Waals surface area contributed by atoms with Gasteiger partial charge in [-0.2, -0.15) is 0 Å². The number of nitrogens with zero attached hydrogens (tertiary/aromatic N) is 1. The normalized spacial score (nSPS) is 13.8. The van der Waals surface area contributed by atoms with E-state index in [1.165, 1.54) is 5.56 Å². The molecule has 0 saturated heterocycles. The fraction of sp³-hybridized carbons (Fsp3) is 0.167. The number of benzene rings is 2. The molecule has 1 aliphatic rings.